The zero-order chi connectivity index (χ0) is 20.4. The summed E-state index contributed by atoms with van der Waals surface area (Å²) in [6.45, 7) is 0.0941. The maximum atomic E-state index is 12.3. The minimum atomic E-state index is -0.384. The van der Waals surface area contributed by atoms with Crippen molar-refractivity contribution in [3.8, 4) is 5.69 Å². The lowest BCUT2D eigenvalue weighted by Crippen LogP contribution is -2.34. The lowest BCUT2D eigenvalue weighted by atomic mass is 10.1. The molecule has 2 aromatic carbocycles. The molecule has 0 saturated heterocycles. The molecule has 9 nitrogen and oxygen atoms in total. The molecule has 0 saturated carbocycles. The number of carbonyl (C=O) groups is 3. The van der Waals surface area contributed by atoms with E-state index in [1.807, 2.05) is 0 Å². The van der Waals surface area contributed by atoms with E-state index < -0.39 is 0 Å². The first-order valence-electron chi connectivity index (χ1n) is 8.79. The van der Waals surface area contributed by atoms with Crippen LogP contribution in [0, 0.1) is 0 Å². The number of hydrogen-bond acceptors (Lipinski definition) is 6. The fourth-order valence-corrected chi connectivity index (χ4v) is 3.15. The topological polar surface area (TPSA) is 110 Å². The van der Waals surface area contributed by atoms with Gasteiger partial charge in [-0.1, -0.05) is 23.7 Å². The summed E-state index contributed by atoms with van der Waals surface area (Å²) in [5.41, 5.74) is 1.43. The van der Waals surface area contributed by atoms with Crippen molar-refractivity contribution in [2.45, 2.75) is 13.0 Å². The molecule has 0 radical (unpaired) electrons. The number of benzene rings is 2. The van der Waals surface area contributed by atoms with Crippen molar-refractivity contribution < 1.29 is 14.4 Å². The molecule has 0 atom stereocenters. The zero-order valence-corrected chi connectivity index (χ0v) is 15.8. The van der Waals surface area contributed by atoms with Crippen molar-refractivity contribution in [2.75, 3.05) is 6.54 Å². The zero-order valence-electron chi connectivity index (χ0n) is 15.1. The number of nitrogens with zero attached hydrogens (tertiary/aromatic N) is 5. The van der Waals surface area contributed by atoms with Gasteiger partial charge in [0.05, 0.1) is 23.4 Å². The SMILES string of the molecule is O=C(CCN1C(=O)c2ccccc2C1=O)NCc1nnnn1-c1ccc(Cl)cc1. The van der Waals surface area contributed by atoms with Crippen LogP contribution in [0.3, 0.4) is 0 Å². The molecule has 3 amide bonds. The van der Waals surface area contributed by atoms with Crippen molar-refractivity contribution in [1.82, 2.24) is 30.4 Å². The Morgan fingerprint density at radius 2 is 1.66 bits per heavy atom. The molecule has 0 bridgehead atoms. The van der Waals surface area contributed by atoms with E-state index in [0.717, 1.165) is 4.90 Å². The van der Waals surface area contributed by atoms with Gasteiger partial charge in [-0.3, -0.25) is 19.3 Å². The quantitative estimate of drug-likeness (QED) is 0.618. The predicted octanol–water partition coefficient (Wildman–Crippen LogP) is 1.62. The summed E-state index contributed by atoms with van der Waals surface area (Å²) in [7, 11) is 0. The second kappa shape index (κ2) is 7.80. The molecule has 29 heavy (non-hydrogen) atoms. The number of amides is 3. The number of carbonyl (C=O) groups excluding carboxylic acids is 3. The molecule has 2 heterocycles. The molecule has 4 rings (SSSR count). The van der Waals surface area contributed by atoms with E-state index in [0.29, 0.717) is 27.7 Å². The number of imide groups is 1. The summed E-state index contributed by atoms with van der Waals surface area (Å²) in [6, 6.07) is 13.5. The van der Waals surface area contributed by atoms with Gasteiger partial charge in [0.2, 0.25) is 5.91 Å². The maximum absolute atomic E-state index is 12.3. The van der Waals surface area contributed by atoms with Crippen molar-refractivity contribution in [1.29, 1.82) is 0 Å². The molecule has 1 aliphatic rings. The second-order valence-corrected chi connectivity index (χ2v) is 6.75. The van der Waals surface area contributed by atoms with Gasteiger partial charge in [-0.25, -0.2) is 0 Å². The highest BCUT2D eigenvalue weighted by atomic mass is 35.5. The molecule has 146 valence electrons. The summed E-state index contributed by atoms with van der Waals surface area (Å²) < 4.78 is 1.49. The minimum Gasteiger partial charge on any atom is -0.349 e. The van der Waals surface area contributed by atoms with Crippen LogP contribution in [0.15, 0.2) is 48.5 Å². The first kappa shape index (κ1) is 18.8. The summed E-state index contributed by atoms with van der Waals surface area (Å²) in [5.74, 6) is -0.663. The molecular formula is C19H15ClN6O3. The third-order valence-electron chi connectivity index (χ3n) is 4.49. The second-order valence-electron chi connectivity index (χ2n) is 6.32. The smallest absolute Gasteiger partial charge is 0.261 e. The highest BCUT2D eigenvalue weighted by Crippen LogP contribution is 2.22. The van der Waals surface area contributed by atoms with Crippen LogP contribution >= 0.6 is 11.6 Å². The molecule has 1 N–H and O–H groups in total. The molecule has 0 fully saturated rings. The van der Waals surface area contributed by atoms with Gasteiger partial charge in [0.15, 0.2) is 5.82 Å². The Hall–Kier alpha value is -3.59. The van der Waals surface area contributed by atoms with Crippen LogP contribution in [0.5, 0.6) is 0 Å². The third kappa shape index (κ3) is 3.72. The van der Waals surface area contributed by atoms with Crippen LogP contribution in [-0.2, 0) is 11.3 Å². The molecule has 0 spiro atoms. The normalized spacial score (nSPS) is 12.9. The van der Waals surface area contributed by atoms with Crippen molar-refractivity contribution >= 4 is 29.3 Å². The van der Waals surface area contributed by atoms with Crippen molar-refractivity contribution in [3.63, 3.8) is 0 Å². The van der Waals surface area contributed by atoms with Gasteiger partial charge in [-0.15, -0.1) is 5.10 Å². The van der Waals surface area contributed by atoms with Crippen LogP contribution in [-0.4, -0.2) is 49.4 Å². The Bertz CT molecular complexity index is 1060. The number of nitrogens with one attached hydrogen (secondary N) is 1. The Morgan fingerprint density at radius 1 is 1.00 bits per heavy atom. The van der Waals surface area contributed by atoms with E-state index >= 15 is 0 Å². The lowest BCUT2D eigenvalue weighted by Gasteiger charge is -2.13. The molecule has 1 aromatic heterocycles. The van der Waals surface area contributed by atoms with E-state index in [1.54, 1.807) is 48.5 Å². The molecule has 3 aromatic rings. The summed E-state index contributed by atoms with van der Waals surface area (Å²) in [5, 5.41) is 14.7. The molecular weight excluding hydrogens is 396 g/mol. The van der Waals surface area contributed by atoms with E-state index in [-0.39, 0.29) is 37.2 Å². The van der Waals surface area contributed by atoms with Gasteiger partial charge in [0, 0.05) is 18.0 Å². The number of hydrogen-bond donors (Lipinski definition) is 1. The van der Waals surface area contributed by atoms with E-state index in [4.69, 9.17) is 11.6 Å². The maximum Gasteiger partial charge on any atom is 0.261 e. The number of halogens is 1. The standard InChI is InChI=1S/C19H15ClN6O3/c20-12-5-7-13(8-6-12)26-16(22-23-24-26)11-21-17(27)9-10-25-18(28)14-3-1-2-4-15(14)19(25)29/h1-8H,9-11H2,(H,21,27). The number of tetrazole rings is 1. The van der Waals surface area contributed by atoms with E-state index in [2.05, 4.69) is 20.8 Å². The van der Waals surface area contributed by atoms with Gasteiger partial charge >= 0.3 is 0 Å². The molecule has 1 aliphatic heterocycles. The van der Waals surface area contributed by atoms with Crippen molar-refractivity contribution in [3.05, 3.63) is 70.5 Å². The number of fused-ring (bicyclic) bond motifs is 1. The Morgan fingerprint density at radius 3 is 2.31 bits per heavy atom. The van der Waals surface area contributed by atoms with Crippen LogP contribution < -0.4 is 5.32 Å². The summed E-state index contributed by atoms with van der Waals surface area (Å²) >= 11 is 5.88. The fraction of sp³-hybridized carbons (Fsp3) is 0.158. The molecule has 0 unspecified atom stereocenters. The Kier molecular flexibility index (Phi) is 5.05. The van der Waals surface area contributed by atoms with Gasteiger partial charge in [0.1, 0.15) is 0 Å². The monoisotopic (exact) mass is 410 g/mol. The Labute approximate surface area is 170 Å². The van der Waals surface area contributed by atoms with E-state index in [1.165, 1.54) is 4.68 Å². The van der Waals surface area contributed by atoms with Gasteiger partial charge in [-0.05, 0) is 46.8 Å². The predicted molar refractivity (Wildman–Crippen MR) is 102 cm³/mol. The molecule has 10 heteroatoms. The lowest BCUT2D eigenvalue weighted by molar-refractivity contribution is -0.121. The fourth-order valence-electron chi connectivity index (χ4n) is 3.02. The van der Waals surface area contributed by atoms with Crippen LogP contribution in [0.1, 0.15) is 33.0 Å². The first-order chi connectivity index (χ1) is 14.0. The van der Waals surface area contributed by atoms with Crippen LogP contribution in [0.4, 0.5) is 0 Å². The van der Waals surface area contributed by atoms with Gasteiger partial charge in [-0.2, -0.15) is 4.68 Å². The first-order valence-corrected chi connectivity index (χ1v) is 9.17. The minimum absolute atomic E-state index is 0.000302. The summed E-state index contributed by atoms with van der Waals surface area (Å²) in [4.78, 5) is 38.0. The largest absolute Gasteiger partial charge is 0.349 e. The molecule has 0 aliphatic carbocycles. The van der Waals surface area contributed by atoms with Gasteiger partial charge < -0.3 is 5.32 Å². The average molecular weight is 411 g/mol. The van der Waals surface area contributed by atoms with Crippen LogP contribution in [0.2, 0.25) is 5.02 Å². The number of aromatic nitrogens is 4. The summed E-state index contributed by atoms with van der Waals surface area (Å²) in [6.07, 6.45) is -0.0199. The highest BCUT2D eigenvalue weighted by molar-refractivity contribution is 6.30. The van der Waals surface area contributed by atoms with Crippen LogP contribution in [0.25, 0.3) is 5.69 Å². The Balaban J connectivity index is 1.34. The van der Waals surface area contributed by atoms with Gasteiger partial charge in [0.25, 0.3) is 11.8 Å². The highest BCUT2D eigenvalue weighted by Gasteiger charge is 2.34. The average Bonchev–Trinajstić information content (AvgIpc) is 3.29. The van der Waals surface area contributed by atoms with E-state index in [9.17, 15) is 14.4 Å². The number of rotatable bonds is 6. The van der Waals surface area contributed by atoms with Crippen molar-refractivity contribution in [2.24, 2.45) is 0 Å². The third-order valence-corrected chi connectivity index (χ3v) is 4.74.